The summed E-state index contributed by atoms with van der Waals surface area (Å²) in [6.45, 7) is 7.43. The number of carbonyl (C=O) groups excluding carboxylic acids is 1. The Balaban J connectivity index is 2.34. The molecule has 1 aromatic carbocycles. The van der Waals surface area contributed by atoms with Gasteiger partial charge in [-0.1, -0.05) is 23.7 Å². The van der Waals surface area contributed by atoms with Gasteiger partial charge in [-0.2, -0.15) is 0 Å². The first-order valence-electron chi connectivity index (χ1n) is 6.56. The first-order valence-corrected chi connectivity index (χ1v) is 7.76. The van der Waals surface area contributed by atoms with E-state index in [1.54, 1.807) is 6.07 Å². The summed E-state index contributed by atoms with van der Waals surface area (Å²) in [6.07, 6.45) is 0. The van der Waals surface area contributed by atoms with E-state index < -0.39 is 11.6 Å². The number of hydrogen-bond acceptors (Lipinski definition) is 4. The van der Waals surface area contributed by atoms with Gasteiger partial charge in [0.05, 0.1) is 5.69 Å². The smallest absolute Gasteiger partial charge is 0.350 e. The first-order chi connectivity index (χ1) is 9.67. The van der Waals surface area contributed by atoms with Gasteiger partial charge in [-0.25, -0.2) is 4.79 Å². The number of nitrogens with two attached hydrogens (primary N) is 1. The third-order valence-corrected chi connectivity index (χ3v) is 4.39. The summed E-state index contributed by atoms with van der Waals surface area (Å²) < 4.78 is 5.36. The van der Waals surface area contributed by atoms with Gasteiger partial charge < -0.3 is 10.5 Å². The standard InChI is InChI=1S/C16H18ClNO2S/c1-9-5-6-10(7-11(9)17)13-8-12(18)14(21-13)15(19)20-16(2,3)4/h5-8H,18H2,1-4H3. The third-order valence-electron chi connectivity index (χ3n) is 2.80. The molecule has 0 spiro atoms. The van der Waals surface area contributed by atoms with Crippen molar-refractivity contribution in [2.45, 2.75) is 33.3 Å². The highest BCUT2D eigenvalue weighted by molar-refractivity contribution is 7.18. The van der Waals surface area contributed by atoms with E-state index >= 15 is 0 Å². The van der Waals surface area contributed by atoms with Crippen molar-refractivity contribution >= 4 is 34.6 Å². The van der Waals surface area contributed by atoms with Crippen LogP contribution in [0.15, 0.2) is 24.3 Å². The van der Waals surface area contributed by atoms with Crippen LogP contribution in [0.25, 0.3) is 10.4 Å². The molecule has 0 fully saturated rings. The lowest BCUT2D eigenvalue weighted by molar-refractivity contribution is 0.00764. The van der Waals surface area contributed by atoms with Crippen LogP contribution >= 0.6 is 22.9 Å². The molecule has 1 aromatic heterocycles. The fourth-order valence-corrected chi connectivity index (χ4v) is 2.91. The van der Waals surface area contributed by atoms with E-state index in [0.717, 1.165) is 16.0 Å². The minimum atomic E-state index is -0.541. The maximum Gasteiger partial charge on any atom is 0.350 e. The number of thiophene rings is 1. The van der Waals surface area contributed by atoms with Crippen molar-refractivity contribution in [2.24, 2.45) is 0 Å². The van der Waals surface area contributed by atoms with Gasteiger partial charge in [0.1, 0.15) is 10.5 Å². The molecule has 0 amide bonds. The highest BCUT2D eigenvalue weighted by Gasteiger charge is 2.22. The highest BCUT2D eigenvalue weighted by atomic mass is 35.5. The Labute approximate surface area is 133 Å². The zero-order valence-corrected chi connectivity index (χ0v) is 14.1. The second-order valence-electron chi connectivity index (χ2n) is 5.86. The molecule has 0 unspecified atom stereocenters. The SMILES string of the molecule is Cc1ccc(-c2cc(N)c(C(=O)OC(C)(C)C)s2)cc1Cl. The second kappa shape index (κ2) is 5.70. The number of nitrogen functional groups attached to an aromatic ring is 1. The fraction of sp³-hybridized carbons (Fsp3) is 0.312. The highest BCUT2D eigenvalue weighted by Crippen LogP contribution is 2.35. The summed E-state index contributed by atoms with van der Waals surface area (Å²) in [4.78, 5) is 13.5. The van der Waals surface area contributed by atoms with Gasteiger partial charge in [-0.05, 0) is 51.0 Å². The molecule has 2 N–H and O–H groups in total. The van der Waals surface area contributed by atoms with Crippen LogP contribution in [-0.2, 0) is 4.74 Å². The molecule has 3 nitrogen and oxygen atoms in total. The minimum Gasteiger partial charge on any atom is -0.456 e. The Bertz CT molecular complexity index is 686. The van der Waals surface area contributed by atoms with Crippen LogP contribution in [0.1, 0.15) is 36.0 Å². The van der Waals surface area contributed by atoms with Crippen molar-refractivity contribution < 1.29 is 9.53 Å². The number of carbonyl (C=O) groups is 1. The van der Waals surface area contributed by atoms with E-state index in [9.17, 15) is 4.79 Å². The van der Waals surface area contributed by atoms with Gasteiger partial charge in [0.25, 0.3) is 0 Å². The number of rotatable bonds is 2. The van der Waals surface area contributed by atoms with Gasteiger partial charge in [0, 0.05) is 9.90 Å². The molecule has 0 bridgehead atoms. The second-order valence-corrected chi connectivity index (χ2v) is 7.32. The van der Waals surface area contributed by atoms with Crippen molar-refractivity contribution in [3.8, 4) is 10.4 Å². The Morgan fingerprint density at radius 3 is 2.52 bits per heavy atom. The number of hydrogen-bond donors (Lipinski definition) is 1. The molecular weight excluding hydrogens is 306 g/mol. The predicted octanol–water partition coefficient (Wildman–Crippen LogP) is 4.91. The molecule has 0 saturated carbocycles. The third kappa shape index (κ3) is 3.77. The summed E-state index contributed by atoms with van der Waals surface area (Å²) >= 11 is 7.46. The van der Waals surface area contributed by atoms with Crippen molar-refractivity contribution in [3.05, 3.63) is 39.7 Å². The van der Waals surface area contributed by atoms with Gasteiger partial charge in [-0.15, -0.1) is 11.3 Å². The number of esters is 1. The molecule has 0 radical (unpaired) electrons. The zero-order valence-electron chi connectivity index (χ0n) is 12.5. The Morgan fingerprint density at radius 1 is 1.29 bits per heavy atom. The fourth-order valence-electron chi connectivity index (χ4n) is 1.78. The van der Waals surface area contributed by atoms with Gasteiger partial charge in [0.15, 0.2) is 0 Å². The predicted molar refractivity (Wildman–Crippen MR) is 89.1 cm³/mol. The number of halogens is 1. The molecule has 1 heterocycles. The Hall–Kier alpha value is -1.52. The molecule has 0 aliphatic carbocycles. The number of aryl methyl sites for hydroxylation is 1. The van der Waals surface area contributed by atoms with E-state index in [1.165, 1.54) is 11.3 Å². The van der Waals surface area contributed by atoms with E-state index in [-0.39, 0.29) is 0 Å². The van der Waals surface area contributed by atoms with Crippen molar-refractivity contribution in [2.75, 3.05) is 5.73 Å². The van der Waals surface area contributed by atoms with Crippen molar-refractivity contribution in [1.82, 2.24) is 0 Å². The lowest BCUT2D eigenvalue weighted by atomic mass is 10.1. The molecule has 2 aromatic rings. The van der Waals surface area contributed by atoms with Crippen LogP contribution in [-0.4, -0.2) is 11.6 Å². The van der Waals surface area contributed by atoms with E-state index in [0.29, 0.717) is 15.6 Å². The summed E-state index contributed by atoms with van der Waals surface area (Å²) in [7, 11) is 0. The van der Waals surface area contributed by atoms with E-state index in [4.69, 9.17) is 22.1 Å². The minimum absolute atomic E-state index is 0.394. The lowest BCUT2D eigenvalue weighted by Crippen LogP contribution is -2.23. The van der Waals surface area contributed by atoms with E-state index in [1.807, 2.05) is 45.9 Å². The van der Waals surface area contributed by atoms with Gasteiger partial charge in [-0.3, -0.25) is 0 Å². The van der Waals surface area contributed by atoms with Crippen molar-refractivity contribution in [1.29, 1.82) is 0 Å². The van der Waals surface area contributed by atoms with Crippen LogP contribution in [0.2, 0.25) is 5.02 Å². The van der Waals surface area contributed by atoms with Crippen molar-refractivity contribution in [3.63, 3.8) is 0 Å². The summed E-state index contributed by atoms with van der Waals surface area (Å²) in [6, 6.07) is 7.57. The Morgan fingerprint density at radius 2 is 1.95 bits per heavy atom. The molecule has 5 heteroatoms. The molecule has 21 heavy (non-hydrogen) atoms. The largest absolute Gasteiger partial charge is 0.456 e. The maximum atomic E-state index is 12.1. The van der Waals surface area contributed by atoms with Crippen LogP contribution < -0.4 is 5.73 Å². The molecule has 0 atom stereocenters. The lowest BCUT2D eigenvalue weighted by Gasteiger charge is -2.18. The summed E-state index contributed by atoms with van der Waals surface area (Å²) in [5.41, 5.74) is 7.79. The number of anilines is 1. The van der Waals surface area contributed by atoms with Crippen LogP contribution in [0.5, 0.6) is 0 Å². The molecule has 0 aliphatic rings. The monoisotopic (exact) mass is 323 g/mol. The molecule has 2 rings (SSSR count). The van der Waals surface area contributed by atoms with Gasteiger partial charge >= 0.3 is 5.97 Å². The molecule has 112 valence electrons. The normalized spacial score (nSPS) is 11.5. The Kier molecular flexibility index (Phi) is 4.30. The zero-order chi connectivity index (χ0) is 15.8. The topological polar surface area (TPSA) is 52.3 Å². The average molecular weight is 324 g/mol. The average Bonchev–Trinajstić information content (AvgIpc) is 2.73. The van der Waals surface area contributed by atoms with Crippen LogP contribution in [0, 0.1) is 6.92 Å². The molecular formula is C16H18ClNO2S. The van der Waals surface area contributed by atoms with E-state index in [2.05, 4.69) is 0 Å². The quantitative estimate of drug-likeness (QED) is 0.798. The summed E-state index contributed by atoms with van der Waals surface area (Å²) in [5, 5.41) is 0.693. The number of ether oxygens (including phenoxy) is 1. The first kappa shape index (κ1) is 15.9. The molecule has 0 saturated heterocycles. The maximum absolute atomic E-state index is 12.1. The van der Waals surface area contributed by atoms with Crippen LogP contribution in [0.4, 0.5) is 5.69 Å². The number of benzene rings is 1. The summed E-state index contributed by atoms with van der Waals surface area (Å²) in [5.74, 6) is -0.394. The van der Waals surface area contributed by atoms with Crippen LogP contribution in [0.3, 0.4) is 0 Å². The molecule has 0 aliphatic heterocycles. The van der Waals surface area contributed by atoms with Gasteiger partial charge in [0.2, 0.25) is 0 Å².